The number of carbonyl (C=O) groups is 1. The molecule has 20 heavy (non-hydrogen) atoms. The summed E-state index contributed by atoms with van der Waals surface area (Å²) in [5.41, 5.74) is 1.87. The number of likely N-dealkylation sites (N-methyl/N-ethyl adjacent to an activating group) is 1. The standard InChI is InChI=1S/C15H23BrN2O2/c1-4-18(5-2)9-8-17-14(15(19)20)12-7-6-11(3)13(16)10-12/h6-7,10,14,17H,4-5,8-9H2,1-3H3,(H,19,20). The van der Waals surface area contributed by atoms with E-state index in [1.807, 2.05) is 25.1 Å². The quantitative estimate of drug-likeness (QED) is 0.762. The molecule has 1 aromatic rings. The zero-order valence-corrected chi connectivity index (χ0v) is 13.9. The number of nitrogens with one attached hydrogen (secondary N) is 1. The van der Waals surface area contributed by atoms with Gasteiger partial charge in [-0.2, -0.15) is 0 Å². The van der Waals surface area contributed by atoms with E-state index in [0.29, 0.717) is 6.54 Å². The molecule has 0 amide bonds. The maximum absolute atomic E-state index is 11.4. The van der Waals surface area contributed by atoms with E-state index in [-0.39, 0.29) is 0 Å². The molecular weight excluding hydrogens is 320 g/mol. The summed E-state index contributed by atoms with van der Waals surface area (Å²) in [5.74, 6) is -0.847. The summed E-state index contributed by atoms with van der Waals surface area (Å²) in [4.78, 5) is 13.7. The van der Waals surface area contributed by atoms with E-state index < -0.39 is 12.0 Å². The number of halogens is 1. The number of carboxylic acids is 1. The molecular formula is C15H23BrN2O2. The van der Waals surface area contributed by atoms with Crippen molar-refractivity contribution in [3.05, 3.63) is 33.8 Å². The molecule has 0 saturated carbocycles. The summed E-state index contributed by atoms with van der Waals surface area (Å²) in [6, 6.07) is 5.01. The number of nitrogens with zero attached hydrogens (tertiary/aromatic N) is 1. The molecule has 0 bridgehead atoms. The van der Waals surface area contributed by atoms with Gasteiger partial charge in [-0.25, -0.2) is 0 Å². The van der Waals surface area contributed by atoms with Gasteiger partial charge in [0.05, 0.1) is 0 Å². The Morgan fingerprint density at radius 3 is 2.55 bits per heavy atom. The third kappa shape index (κ3) is 4.89. The van der Waals surface area contributed by atoms with Crippen LogP contribution in [-0.2, 0) is 4.79 Å². The van der Waals surface area contributed by atoms with Crippen molar-refractivity contribution in [2.75, 3.05) is 26.2 Å². The van der Waals surface area contributed by atoms with Crippen LogP contribution in [0.4, 0.5) is 0 Å². The first-order chi connectivity index (χ1) is 9.49. The molecule has 0 radical (unpaired) electrons. The average molecular weight is 343 g/mol. The molecule has 0 fully saturated rings. The Hall–Kier alpha value is -0.910. The van der Waals surface area contributed by atoms with Gasteiger partial charge >= 0.3 is 5.97 Å². The maximum atomic E-state index is 11.4. The molecule has 0 aromatic heterocycles. The van der Waals surface area contributed by atoms with Crippen molar-refractivity contribution in [1.82, 2.24) is 10.2 Å². The van der Waals surface area contributed by atoms with Gasteiger partial charge in [-0.15, -0.1) is 0 Å². The fourth-order valence-electron chi connectivity index (χ4n) is 2.04. The molecule has 0 saturated heterocycles. The van der Waals surface area contributed by atoms with Crippen LogP contribution in [0.1, 0.15) is 31.0 Å². The number of hydrogen-bond acceptors (Lipinski definition) is 3. The minimum Gasteiger partial charge on any atom is -0.480 e. The van der Waals surface area contributed by atoms with Gasteiger partial charge in [0, 0.05) is 17.6 Å². The van der Waals surface area contributed by atoms with E-state index in [2.05, 4.69) is 40.0 Å². The van der Waals surface area contributed by atoms with Gasteiger partial charge in [0.1, 0.15) is 6.04 Å². The van der Waals surface area contributed by atoms with Crippen LogP contribution in [0, 0.1) is 6.92 Å². The summed E-state index contributed by atoms with van der Waals surface area (Å²) < 4.78 is 0.937. The van der Waals surface area contributed by atoms with Gasteiger partial charge < -0.3 is 10.0 Å². The molecule has 0 aliphatic heterocycles. The third-order valence-electron chi connectivity index (χ3n) is 3.45. The zero-order chi connectivity index (χ0) is 15.1. The Bertz CT molecular complexity index is 447. The SMILES string of the molecule is CCN(CC)CCNC(C(=O)O)c1ccc(C)c(Br)c1. The average Bonchev–Trinajstić information content (AvgIpc) is 2.42. The van der Waals surface area contributed by atoms with E-state index in [1.54, 1.807) is 0 Å². The molecule has 1 aromatic carbocycles. The van der Waals surface area contributed by atoms with Crippen LogP contribution in [-0.4, -0.2) is 42.2 Å². The van der Waals surface area contributed by atoms with Crippen molar-refractivity contribution < 1.29 is 9.90 Å². The second-order valence-corrected chi connectivity index (χ2v) is 5.62. The largest absolute Gasteiger partial charge is 0.480 e. The first-order valence-electron chi connectivity index (χ1n) is 6.94. The normalized spacial score (nSPS) is 12.7. The molecule has 1 atom stereocenters. The lowest BCUT2D eigenvalue weighted by Gasteiger charge is -2.21. The second-order valence-electron chi connectivity index (χ2n) is 4.76. The van der Waals surface area contributed by atoms with E-state index in [4.69, 9.17) is 0 Å². The van der Waals surface area contributed by atoms with Crippen molar-refractivity contribution >= 4 is 21.9 Å². The van der Waals surface area contributed by atoms with Crippen molar-refractivity contribution in [2.24, 2.45) is 0 Å². The highest BCUT2D eigenvalue weighted by molar-refractivity contribution is 9.10. The van der Waals surface area contributed by atoms with Gasteiger partial charge in [-0.3, -0.25) is 10.1 Å². The minimum atomic E-state index is -0.847. The van der Waals surface area contributed by atoms with E-state index in [9.17, 15) is 9.90 Å². The molecule has 1 unspecified atom stereocenters. The third-order valence-corrected chi connectivity index (χ3v) is 4.30. The van der Waals surface area contributed by atoms with Crippen LogP contribution in [0.25, 0.3) is 0 Å². The van der Waals surface area contributed by atoms with Crippen molar-refractivity contribution in [1.29, 1.82) is 0 Å². The van der Waals surface area contributed by atoms with Crippen molar-refractivity contribution in [3.63, 3.8) is 0 Å². The lowest BCUT2D eigenvalue weighted by atomic mass is 10.1. The summed E-state index contributed by atoms with van der Waals surface area (Å²) in [5, 5.41) is 12.5. The zero-order valence-electron chi connectivity index (χ0n) is 12.3. The Morgan fingerprint density at radius 2 is 2.05 bits per heavy atom. The first-order valence-corrected chi connectivity index (χ1v) is 7.73. The number of rotatable bonds is 8. The molecule has 1 rings (SSSR count). The van der Waals surface area contributed by atoms with Crippen LogP contribution in [0.15, 0.2) is 22.7 Å². The number of benzene rings is 1. The molecule has 5 heteroatoms. The van der Waals surface area contributed by atoms with Gasteiger partial charge in [0.25, 0.3) is 0 Å². The number of carboxylic acid groups (broad SMARTS) is 1. The lowest BCUT2D eigenvalue weighted by Crippen LogP contribution is -2.36. The van der Waals surface area contributed by atoms with Crippen molar-refractivity contribution in [2.45, 2.75) is 26.8 Å². The molecule has 112 valence electrons. The summed E-state index contributed by atoms with van der Waals surface area (Å²) in [6.07, 6.45) is 0. The summed E-state index contributed by atoms with van der Waals surface area (Å²) in [6.45, 7) is 9.66. The monoisotopic (exact) mass is 342 g/mol. The van der Waals surface area contributed by atoms with Crippen molar-refractivity contribution in [3.8, 4) is 0 Å². The molecule has 0 heterocycles. The fourth-order valence-corrected chi connectivity index (χ4v) is 2.44. The topological polar surface area (TPSA) is 52.6 Å². The first kappa shape index (κ1) is 17.1. The van der Waals surface area contributed by atoms with Crippen LogP contribution in [0.2, 0.25) is 0 Å². The van der Waals surface area contributed by atoms with Gasteiger partial charge in [-0.05, 0) is 37.2 Å². The fraction of sp³-hybridized carbons (Fsp3) is 0.533. The highest BCUT2D eigenvalue weighted by Crippen LogP contribution is 2.22. The van der Waals surface area contributed by atoms with E-state index in [1.165, 1.54) is 0 Å². The van der Waals surface area contributed by atoms with E-state index >= 15 is 0 Å². The Kier molecular flexibility index (Phi) is 7.19. The Labute approximate surface area is 129 Å². The van der Waals surface area contributed by atoms with Gasteiger partial charge in [0.15, 0.2) is 0 Å². The predicted octanol–water partition coefficient (Wildman–Crippen LogP) is 2.81. The Morgan fingerprint density at radius 1 is 1.40 bits per heavy atom. The predicted molar refractivity (Wildman–Crippen MR) is 85.0 cm³/mol. The molecule has 0 aliphatic carbocycles. The van der Waals surface area contributed by atoms with Gasteiger partial charge in [0.2, 0.25) is 0 Å². The molecule has 0 spiro atoms. The number of aliphatic carboxylic acids is 1. The maximum Gasteiger partial charge on any atom is 0.325 e. The lowest BCUT2D eigenvalue weighted by molar-refractivity contribution is -0.139. The summed E-state index contributed by atoms with van der Waals surface area (Å²) >= 11 is 3.45. The highest BCUT2D eigenvalue weighted by atomic mass is 79.9. The van der Waals surface area contributed by atoms with Gasteiger partial charge in [-0.1, -0.05) is 41.9 Å². The van der Waals surface area contributed by atoms with Crippen LogP contribution in [0.3, 0.4) is 0 Å². The van der Waals surface area contributed by atoms with Crippen LogP contribution >= 0.6 is 15.9 Å². The second kappa shape index (κ2) is 8.39. The Balaban J connectivity index is 2.69. The highest BCUT2D eigenvalue weighted by Gasteiger charge is 2.19. The number of hydrogen-bond donors (Lipinski definition) is 2. The van der Waals surface area contributed by atoms with Crippen LogP contribution in [0.5, 0.6) is 0 Å². The van der Waals surface area contributed by atoms with E-state index in [0.717, 1.165) is 35.2 Å². The molecule has 2 N–H and O–H groups in total. The minimum absolute atomic E-state index is 0.657. The smallest absolute Gasteiger partial charge is 0.325 e. The summed E-state index contributed by atoms with van der Waals surface area (Å²) in [7, 11) is 0. The number of aryl methyl sites for hydroxylation is 1. The van der Waals surface area contributed by atoms with Crippen LogP contribution < -0.4 is 5.32 Å². The molecule has 4 nitrogen and oxygen atoms in total. The molecule has 0 aliphatic rings.